The number of rotatable bonds is 6. The predicted octanol–water partition coefficient (Wildman–Crippen LogP) is 5.10. The molecule has 10 heteroatoms. The topological polar surface area (TPSA) is 81.2 Å². The number of halogens is 2. The maximum absolute atomic E-state index is 12.3. The van der Waals surface area contributed by atoms with Crippen molar-refractivity contribution in [1.29, 1.82) is 0 Å². The number of aromatic nitrogens is 2. The first-order valence-corrected chi connectivity index (χ1v) is 10.6. The predicted molar refractivity (Wildman–Crippen MR) is 110 cm³/mol. The minimum atomic E-state index is -0.607. The summed E-state index contributed by atoms with van der Waals surface area (Å²) in [6.07, 6.45) is -0.607. The molecule has 3 aromatic rings. The highest BCUT2D eigenvalue weighted by Crippen LogP contribution is 2.34. The third-order valence-electron chi connectivity index (χ3n) is 3.91. The Morgan fingerprint density at radius 3 is 2.86 bits per heavy atom. The van der Waals surface area contributed by atoms with Crippen molar-refractivity contribution < 1.29 is 14.3 Å². The molecule has 0 saturated heterocycles. The van der Waals surface area contributed by atoms with E-state index in [9.17, 15) is 9.59 Å². The SMILES string of the molecule is O=C(CSc1nnc(NC2OC(=O)c3ccccc32)s1)c1ccc(Cl)cc1Cl. The number of nitrogens with zero attached hydrogens (tertiary/aromatic N) is 2. The minimum Gasteiger partial charge on any atom is -0.434 e. The van der Waals surface area contributed by atoms with Crippen LogP contribution in [0.4, 0.5) is 5.13 Å². The third-order valence-corrected chi connectivity index (χ3v) is 6.44. The van der Waals surface area contributed by atoms with Crippen molar-refractivity contribution in [3.8, 4) is 0 Å². The minimum absolute atomic E-state index is 0.130. The molecule has 0 amide bonds. The number of carbonyl (C=O) groups excluding carboxylic acids is 2. The first kappa shape index (κ1) is 19.2. The van der Waals surface area contributed by atoms with Crippen molar-refractivity contribution in [3.05, 3.63) is 69.2 Å². The number of ether oxygens (including phenoxy) is 1. The van der Waals surface area contributed by atoms with Gasteiger partial charge in [-0.15, -0.1) is 10.2 Å². The van der Waals surface area contributed by atoms with Crippen LogP contribution in [0.3, 0.4) is 0 Å². The molecule has 0 fully saturated rings. The second-order valence-electron chi connectivity index (χ2n) is 5.73. The van der Waals surface area contributed by atoms with E-state index in [1.54, 1.807) is 24.3 Å². The summed E-state index contributed by atoms with van der Waals surface area (Å²) in [7, 11) is 0. The Balaban J connectivity index is 1.39. The number of Topliss-reactive ketones (excluding diaryl/α,β-unsaturated/α-hetero) is 1. The number of hydrogen-bond acceptors (Lipinski definition) is 8. The van der Waals surface area contributed by atoms with Crippen LogP contribution >= 0.6 is 46.3 Å². The summed E-state index contributed by atoms with van der Waals surface area (Å²) >= 11 is 14.4. The van der Waals surface area contributed by atoms with Crippen LogP contribution in [0.15, 0.2) is 46.8 Å². The maximum atomic E-state index is 12.3. The molecule has 0 spiro atoms. The molecular weight excluding hydrogens is 441 g/mol. The fourth-order valence-electron chi connectivity index (χ4n) is 2.61. The van der Waals surface area contributed by atoms with E-state index in [0.29, 0.717) is 30.6 Å². The number of anilines is 1. The summed E-state index contributed by atoms with van der Waals surface area (Å²) in [5, 5.41) is 12.4. The Morgan fingerprint density at radius 2 is 2.04 bits per heavy atom. The fourth-order valence-corrected chi connectivity index (χ4v) is 4.78. The van der Waals surface area contributed by atoms with Gasteiger partial charge < -0.3 is 10.1 Å². The molecule has 1 aliphatic rings. The summed E-state index contributed by atoms with van der Waals surface area (Å²) in [4.78, 5) is 24.2. The van der Waals surface area contributed by atoms with Gasteiger partial charge >= 0.3 is 5.97 Å². The van der Waals surface area contributed by atoms with E-state index in [2.05, 4.69) is 15.5 Å². The van der Waals surface area contributed by atoms with Gasteiger partial charge in [-0.05, 0) is 24.3 Å². The summed E-state index contributed by atoms with van der Waals surface area (Å²) in [5.41, 5.74) is 1.70. The first-order chi connectivity index (χ1) is 13.5. The van der Waals surface area contributed by atoms with Gasteiger partial charge in [-0.3, -0.25) is 4.79 Å². The van der Waals surface area contributed by atoms with Crippen LogP contribution in [-0.2, 0) is 4.74 Å². The lowest BCUT2D eigenvalue weighted by Gasteiger charge is -2.10. The van der Waals surface area contributed by atoms with E-state index >= 15 is 0 Å². The van der Waals surface area contributed by atoms with E-state index < -0.39 is 6.23 Å². The van der Waals surface area contributed by atoms with Crippen molar-refractivity contribution in [1.82, 2.24) is 10.2 Å². The second-order valence-corrected chi connectivity index (χ2v) is 8.77. The summed E-state index contributed by atoms with van der Waals surface area (Å²) < 4.78 is 5.94. The fraction of sp³-hybridized carbons (Fsp3) is 0.111. The van der Waals surface area contributed by atoms with E-state index in [-0.39, 0.29) is 17.5 Å². The molecule has 142 valence electrons. The van der Waals surface area contributed by atoms with Gasteiger partial charge in [0.05, 0.1) is 16.3 Å². The largest absolute Gasteiger partial charge is 0.434 e. The average molecular weight is 452 g/mol. The van der Waals surface area contributed by atoms with Gasteiger partial charge in [0.2, 0.25) is 11.4 Å². The molecule has 1 aliphatic heterocycles. The Bertz CT molecular complexity index is 1070. The smallest absolute Gasteiger partial charge is 0.340 e. The van der Waals surface area contributed by atoms with Crippen molar-refractivity contribution in [2.45, 2.75) is 10.6 Å². The van der Waals surface area contributed by atoms with Crippen molar-refractivity contribution in [2.24, 2.45) is 0 Å². The Hall–Kier alpha value is -2.13. The van der Waals surface area contributed by atoms with Crippen LogP contribution in [-0.4, -0.2) is 27.7 Å². The highest BCUT2D eigenvalue weighted by molar-refractivity contribution is 8.01. The number of benzene rings is 2. The van der Waals surface area contributed by atoms with E-state index in [1.165, 1.54) is 29.2 Å². The molecule has 0 aliphatic carbocycles. The van der Waals surface area contributed by atoms with Gasteiger partial charge in [0.25, 0.3) is 0 Å². The molecule has 4 rings (SSSR count). The zero-order valence-corrected chi connectivity index (χ0v) is 17.2. The molecule has 1 aromatic heterocycles. The standard InChI is InChI=1S/C18H11Cl2N3O3S2/c19-9-5-6-12(13(20)7-9)14(24)8-27-18-23-22-17(28-18)21-15-10-3-1-2-4-11(10)16(25)26-15/h1-7,15H,8H2,(H,21,22). The molecular formula is C18H11Cl2N3O3S2. The Morgan fingerprint density at radius 1 is 1.21 bits per heavy atom. The number of ketones is 1. The Labute approximate surface area is 178 Å². The lowest BCUT2D eigenvalue weighted by molar-refractivity contribution is 0.0437. The van der Waals surface area contributed by atoms with Crippen LogP contribution in [0.5, 0.6) is 0 Å². The van der Waals surface area contributed by atoms with Crippen molar-refractivity contribution in [2.75, 3.05) is 11.1 Å². The van der Waals surface area contributed by atoms with Gasteiger partial charge in [-0.1, -0.05) is 64.5 Å². The molecule has 6 nitrogen and oxygen atoms in total. The molecule has 0 saturated carbocycles. The first-order valence-electron chi connectivity index (χ1n) is 8.02. The van der Waals surface area contributed by atoms with Crippen LogP contribution in [0.25, 0.3) is 0 Å². The molecule has 28 heavy (non-hydrogen) atoms. The highest BCUT2D eigenvalue weighted by Gasteiger charge is 2.31. The van der Waals surface area contributed by atoms with Crippen molar-refractivity contribution in [3.63, 3.8) is 0 Å². The van der Waals surface area contributed by atoms with Crippen molar-refractivity contribution >= 4 is 63.2 Å². The third kappa shape index (κ3) is 4.00. The summed E-state index contributed by atoms with van der Waals surface area (Å²) in [5.74, 6) is -0.343. The second kappa shape index (κ2) is 8.08. The number of nitrogens with one attached hydrogen (secondary N) is 1. The number of cyclic esters (lactones) is 1. The number of fused-ring (bicyclic) bond motifs is 1. The Kier molecular flexibility index (Phi) is 5.54. The number of esters is 1. The number of hydrogen-bond donors (Lipinski definition) is 1. The summed E-state index contributed by atoms with van der Waals surface area (Å²) in [6, 6.07) is 11.9. The van der Waals surface area contributed by atoms with Crippen LogP contribution < -0.4 is 5.32 Å². The van der Waals surface area contributed by atoms with Crippen LogP contribution in [0, 0.1) is 0 Å². The molecule has 1 N–H and O–H groups in total. The summed E-state index contributed by atoms with van der Waals surface area (Å²) in [6.45, 7) is 0. The van der Waals surface area contributed by atoms with Crippen LogP contribution in [0.2, 0.25) is 10.0 Å². The van der Waals surface area contributed by atoms with Crippen LogP contribution in [0.1, 0.15) is 32.5 Å². The molecule has 2 heterocycles. The van der Waals surface area contributed by atoms with Gasteiger partial charge in [-0.2, -0.15) is 0 Å². The molecule has 2 aromatic carbocycles. The quantitative estimate of drug-likeness (QED) is 0.317. The molecule has 1 unspecified atom stereocenters. The molecule has 0 bridgehead atoms. The molecule has 0 radical (unpaired) electrons. The maximum Gasteiger partial charge on any atom is 0.340 e. The number of carbonyl (C=O) groups is 2. The van der Waals surface area contributed by atoms with Gasteiger partial charge in [0, 0.05) is 16.1 Å². The van der Waals surface area contributed by atoms with E-state index in [0.717, 1.165) is 5.56 Å². The zero-order chi connectivity index (χ0) is 19.7. The lowest BCUT2D eigenvalue weighted by atomic mass is 10.1. The van der Waals surface area contributed by atoms with Gasteiger partial charge in [0.1, 0.15) is 0 Å². The zero-order valence-electron chi connectivity index (χ0n) is 14.0. The lowest BCUT2D eigenvalue weighted by Crippen LogP contribution is -2.09. The highest BCUT2D eigenvalue weighted by atomic mass is 35.5. The van der Waals surface area contributed by atoms with E-state index in [4.69, 9.17) is 27.9 Å². The van der Waals surface area contributed by atoms with Gasteiger partial charge in [0.15, 0.2) is 10.1 Å². The normalized spacial score (nSPS) is 15.2. The van der Waals surface area contributed by atoms with Gasteiger partial charge in [-0.25, -0.2) is 4.79 Å². The van der Waals surface area contributed by atoms with E-state index in [1.807, 2.05) is 12.1 Å². The monoisotopic (exact) mass is 451 g/mol. The average Bonchev–Trinajstić information content (AvgIpc) is 3.25. The number of thioether (sulfide) groups is 1. The molecule has 1 atom stereocenters.